The number of unbranched alkanes of at least 4 members (excludes halogenated alkanes) is 4. The molecule has 0 saturated carbocycles. The van der Waals surface area contributed by atoms with Gasteiger partial charge in [-0.05, 0) is 50.7 Å². The van der Waals surface area contributed by atoms with Crippen molar-refractivity contribution < 1.29 is 4.79 Å². The van der Waals surface area contributed by atoms with Gasteiger partial charge in [0.25, 0.3) is 5.91 Å². The molecule has 0 saturated heterocycles. The van der Waals surface area contributed by atoms with Crippen LogP contribution in [0, 0.1) is 0 Å². The minimum atomic E-state index is -0.150. The number of nitrogen functional groups attached to an aromatic ring is 1. The monoisotopic (exact) mass is 433 g/mol. The molecule has 32 heavy (non-hydrogen) atoms. The van der Waals surface area contributed by atoms with Crippen LogP contribution < -0.4 is 11.1 Å². The van der Waals surface area contributed by atoms with E-state index in [1.807, 2.05) is 28.8 Å². The van der Waals surface area contributed by atoms with Crippen LogP contribution in [0.25, 0.3) is 22.2 Å². The van der Waals surface area contributed by atoms with Gasteiger partial charge in [-0.1, -0.05) is 56.4 Å². The van der Waals surface area contributed by atoms with Crippen LogP contribution in [-0.4, -0.2) is 27.0 Å². The Morgan fingerprint density at radius 2 is 1.88 bits per heavy atom. The number of aromatic nitrogens is 3. The number of fused-ring (bicyclic) bond motifs is 2. The lowest BCUT2D eigenvalue weighted by molar-refractivity contribution is 0.0955. The number of carbonyl (C=O) groups is 1. The van der Waals surface area contributed by atoms with Gasteiger partial charge in [0.2, 0.25) is 0 Å². The Labute approximate surface area is 190 Å². The quantitative estimate of drug-likeness (QED) is 0.314. The fourth-order valence-electron chi connectivity index (χ4n) is 4.57. The van der Waals surface area contributed by atoms with Gasteiger partial charge in [-0.15, -0.1) is 0 Å². The molecular weight excluding hydrogens is 398 g/mol. The standard InChI is InChI=1S/C26H35N5O/c1-2-3-4-5-11-17-28-26(32)22-23-25(30-21-15-10-9-14-20(21)29-23)31(24(22)27)18-16-19-12-7-6-8-13-19/h9-10,12,14-15H,2-8,11,13,16-18,27H2,1H3,(H,28,32). The van der Waals surface area contributed by atoms with Crippen molar-refractivity contribution in [3.05, 3.63) is 41.5 Å². The lowest BCUT2D eigenvalue weighted by Crippen LogP contribution is -2.25. The summed E-state index contributed by atoms with van der Waals surface area (Å²) in [5.74, 6) is 0.318. The molecule has 1 aromatic carbocycles. The largest absolute Gasteiger partial charge is 0.384 e. The number of nitrogens with one attached hydrogen (secondary N) is 1. The Kier molecular flexibility index (Phi) is 7.40. The zero-order valence-electron chi connectivity index (χ0n) is 19.2. The van der Waals surface area contributed by atoms with Gasteiger partial charge in [-0.3, -0.25) is 4.79 Å². The second kappa shape index (κ2) is 10.6. The molecule has 6 nitrogen and oxygen atoms in total. The van der Waals surface area contributed by atoms with Crippen LogP contribution in [0.15, 0.2) is 35.9 Å². The second-order valence-electron chi connectivity index (χ2n) is 8.82. The number of aryl methyl sites for hydroxylation is 1. The first-order chi connectivity index (χ1) is 15.7. The zero-order valence-corrected chi connectivity index (χ0v) is 19.2. The topological polar surface area (TPSA) is 85.8 Å². The summed E-state index contributed by atoms with van der Waals surface area (Å²) in [5, 5.41) is 3.06. The molecule has 0 unspecified atom stereocenters. The minimum Gasteiger partial charge on any atom is -0.384 e. The van der Waals surface area contributed by atoms with Crippen molar-refractivity contribution in [3.8, 4) is 0 Å². The van der Waals surface area contributed by atoms with Crippen molar-refractivity contribution in [1.29, 1.82) is 0 Å². The number of allylic oxidation sites excluding steroid dienone is 2. The lowest BCUT2D eigenvalue weighted by atomic mass is 9.97. The first-order valence-electron chi connectivity index (χ1n) is 12.2. The number of carbonyl (C=O) groups excluding carboxylic acids is 1. The molecule has 4 rings (SSSR count). The van der Waals surface area contributed by atoms with E-state index in [4.69, 9.17) is 15.7 Å². The maximum atomic E-state index is 13.1. The Hall–Kier alpha value is -2.89. The highest BCUT2D eigenvalue weighted by Crippen LogP contribution is 2.29. The van der Waals surface area contributed by atoms with Crippen molar-refractivity contribution in [2.45, 2.75) is 77.7 Å². The zero-order chi connectivity index (χ0) is 22.3. The van der Waals surface area contributed by atoms with Crippen LogP contribution in [0.4, 0.5) is 5.82 Å². The minimum absolute atomic E-state index is 0.150. The fourth-order valence-corrected chi connectivity index (χ4v) is 4.57. The smallest absolute Gasteiger partial charge is 0.257 e. The molecule has 2 aromatic heterocycles. The van der Waals surface area contributed by atoms with Gasteiger partial charge in [0.05, 0.1) is 11.0 Å². The molecule has 3 N–H and O–H groups in total. The summed E-state index contributed by atoms with van der Waals surface area (Å²) < 4.78 is 1.99. The van der Waals surface area contributed by atoms with E-state index in [1.165, 1.54) is 37.7 Å². The van der Waals surface area contributed by atoms with Crippen molar-refractivity contribution in [1.82, 2.24) is 19.9 Å². The second-order valence-corrected chi connectivity index (χ2v) is 8.82. The molecule has 3 aromatic rings. The first kappa shape index (κ1) is 22.3. The highest BCUT2D eigenvalue weighted by Gasteiger charge is 2.24. The number of benzene rings is 1. The van der Waals surface area contributed by atoms with Crippen LogP contribution in [0.5, 0.6) is 0 Å². The van der Waals surface area contributed by atoms with Gasteiger partial charge in [0.1, 0.15) is 16.9 Å². The molecule has 0 spiro atoms. The SMILES string of the molecule is CCCCCCCNC(=O)c1c(N)n(CCC2=CCCCC2)c2nc3ccccc3nc12. The average Bonchev–Trinajstić information content (AvgIpc) is 3.09. The van der Waals surface area contributed by atoms with Crippen LogP contribution in [0.1, 0.15) is 81.5 Å². The molecule has 6 heteroatoms. The van der Waals surface area contributed by atoms with Gasteiger partial charge in [0.15, 0.2) is 5.65 Å². The van der Waals surface area contributed by atoms with Gasteiger partial charge < -0.3 is 15.6 Å². The summed E-state index contributed by atoms with van der Waals surface area (Å²) in [4.78, 5) is 22.8. The van der Waals surface area contributed by atoms with Crippen molar-refractivity contribution in [3.63, 3.8) is 0 Å². The normalized spacial score (nSPS) is 14.1. The third-order valence-electron chi connectivity index (χ3n) is 6.43. The van der Waals surface area contributed by atoms with Crippen LogP contribution in [0.2, 0.25) is 0 Å². The van der Waals surface area contributed by atoms with E-state index in [2.05, 4.69) is 18.3 Å². The maximum Gasteiger partial charge on any atom is 0.257 e. The highest BCUT2D eigenvalue weighted by atomic mass is 16.1. The Bertz CT molecular complexity index is 1110. The number of rotatable bonds is 10. The van der Waals surface area contributed by atoms with E-state index in [-0.39, 0.29) is 5.91 Å². The third kappa shape index (κ3) is 4.95. The van der Waals surface area contributed by atoms with E-state index in [1.54, 1.807) is 0 Å². The molecule has 1 aliphatic rings. The third-order valence-corrected chi connectivity index (χ3v) is 6.43. The average molecular weight is 434 g/mol. The Morgan fingerprint density at radius 1 is 1.09 bits per heavy atom. The number of anilines is 1. The molecule has 2 heterocycles. The van der Waals surface area contributed by atoms with Crippen molar-refractivity contribution in [2.75, 3.05) is 12.3 Å². The van der Waals surface area contributed by atoms with Crippen molar-refractivity contribution in [2.24, 2.45) is 0 Å². The number of hydrogen-bond donors (Lipinski definition) is 2. The lowest BCUT2D eigenvalue weighted by Gasteiger charge is -2.14. The summed E-state index contributed by atoms with van der Waals surface area (Å²) in [6, 6.07) is 7.78. The van der Waals surface area contributed by atoms with E-state index < -0.39 is 0 Å². The fraction of sp³-hybridized carbons (Fsp3) is 0.500. The predicted octanol–water partition coefficient (Wildman–Crippen LogP) is 5.76. The van der Waals surface area contributed by atoms with Crippen LogP contribution >= 0.6 is 0 Å². The Morgan fingerprint density at radius 3 is 2.62 bits per heavy atom. The molecule has 170 valence electrons. The van der Waals surface area contributed by atoms with Gasteiger partial charge in [0, 0.05) is 13.1 Å². The van der Waals surface area contributed by atoms with Crippen LogP contribution in [0.3, 0.4) is 0 Å². The molecular formula is C26H35N5O. The summed E-state index contributed by atoms with van der Waals surface area (Å²) in [5.41, 5.74) is 11.4. The summed E-state index contributed by atoms with van der Waals surface area (Å²) in [6.07, 6.45) is 13.9. The van der Waals surface area contributed by atoms with Gasteiger partial charge >= 0.3 is 0 Å². The first-order valence-corrected chi connectivity index (χ1v) is 12.2. The molecule has 0 radical (unpaired) electrons. The molecule has 1 amide bonds. The summed E-state index contributed by atoms with van der Waals surface area (Å²) in [6.45, 7) is 3.57. The summed E-state index contributed by atoms with van der Waals surface area (Å²) >= 11 is 0. The molecule has 0 fully saturated rings. The van der Waals surface area contributed by atoms with E-state index in [9.17, 15) is 4.79 Å². The summed E-state index contributed by atoms with van der Waals surface area (Å²) in [7, 11) is 0. The number of hydrogen-bond acceptors (Lipinski definition) is 4. The predicted molar refractivity (Wildman–Crippen MR) is 132 cm³/mol. The highest BCUT2D eigenvalue weighted by molar-refractivity contribution is 6.10. The molecule has 1 aliphatic carbocycles. The van der Waals surface area contributed by atoms with E-state index in [0.29, 0.717) is 35.6 Å². The molecule has 0 bridgehead atoms. The Balaban J connectivity index is 1.61. The number of nitrogens with zero attached hydrogens (tertiary/aromatic N) is 3. The van der Waals surface area contributed by atoms with Crippen LogP contribution in [-0.2, 0) is 6.54 Å². The van der Waals surface area contributed by atoms with E-state index in [0.717, 1.165) is 43.1 Å². The van der Waals surface area contributed by atoms with Crippen molar-refractivity contribution >= 4 is 33.9 Å². The van der Waals surface area contributed by atoms with E-state index >= 15 is 0 Å². The maximum absolute atomic E-state index is 13.1. The molecule has 0 aliphatic heterocycles. The van der Waals surface area contributed by atoms with Gasteiger partial charge in [-0.2, -0.15) is 0 Å². The van der Waals surface area contributed by atoms with Gasteiger partial charge in [-0.25, -0.2) is 9.97 Å². The number of nitrogens with two attached hydrogens (primary N) is 1. The molecule has 0 atom stereocenters. The number of amides is 1. The number of para-hydroxylation sites is 2.